The Kier molecular flexibility index (Phi) is 4.69. The molecule has 0 aliphatic heterocycles. The maximum Gasteiger partial charge on any atom is 0.123 e. The number of anilines is 2. The predicted molar refractivity (Wildman–Crippen MR) is 78.6 cm³/mol. The number of aromatic nitrogens is 1. The molecule has 2 rings (SSSR count). The third kappa shape index (κ3) is 3.14. The van der Waals surface area contributed by atoms with E-state index in [2.05, 4.69) is 4.98 Å². The number of pyridine rings is 1. The van der Waals surface area contributed by atoms with Crippen LogP contribution in [0.2, 0.25) is 0 Å². The molecule has 0 spiro atoms. The van der Waals surface area contributed by atoms with Crippen LogP contribution in [-0.2, 0) is 0 Å². The number of nitrogens with zero attached hydrogens (tertiary/aromatic N) is 2. The van der Waals surface area contributed by atoms with Crippen LogP contribution in [-0.4, -0.2) is 16.6 Å². The molecule has 0 saturated heterocycles. The van der Waals surface area contributed by atoms with Gasteiger partial charge in [0.05, 0.1) is 23.7 Å². The van der Waals surface area contributed by atoms with E-state index in [-0.39, 0.29) is 5.82 Å². The first-order chi connectivity index (χ1) is 9.65. The number of aliphatic hydroxyl groups excluding tert-OH is 1. The van der Waals surface area contributed by atoms with E-state index < -0.39 is 6.10 Å². The van der Waals surface area contributed by atoms with Gasteiger partial charge in [-0.15, -0.1) is 0 Å². The van der Waals surface area contributed by atoms with Crippen molar-refractivity contribution < 1.29 is 9.50 Å². The van der Waals surface area contributed by atoms with Gasteiger partial charge in [0.25, 0.3) is 0 Å². The summed E-state index contributed by atoms with van der Waals surface area (Å²) < 4.78 is 13.0. The fraction of sp³-hybridized carbons (Fsp3) is 0.312. The number of hydrogen-bond acceptors (Lipinski definition) is 3. The summed E-state index contributed by atoms with van der Waals surface area (Å²) in [4.78, 5) is 6.33. The van der Waals surface area contributed by atoms with Gasteiger partial charge < -0.3 is 10.0 Å². The van der Waals surface area contributed by atoms with Gasteiger partial charge in [0.1, 0.15) is 5.82 Å². The summed E-state index contributed by atoms with van der Waals surface area (Å²) in [6.07, 6.45) is 1.85. The minimum absolute atomic E-state index is 0.246. The zero-order chi connectivity index (χ0) is 14.5. The average molecular weight is 274 g/mol. The Balaban J connectivity index is 2.25. The van der Waals surface area contributed by atoms with Crippen LogP contribution in [0.25, 0.3) is 0 Å². The normalized spacial score (nSPS) is 12.2. The van der Waals surface area contributed by atoms with Crippen molar-refractivity contribution in [2.45, 2.75) is 26.4 Å². The summed E-state index contributed by atoms with van der Waals surface area (Å²) in [7, 11) is 0. The Labute approximate surface area is 118 Å². The van der Waals surface area contributed by atoms with Crippen molar-refractivity contribution in [3.05, 3.63) is 54.1 Å². The molecule has 0 unspecified atom stereocenters. The van der Waals surface area contributed by atoms with E-state index >= 15 is 0 Å². The van der Waals surface area contributed by atoms with Crippen LogP contribution in [0.5, 0.6) is 0 Å². The lowest BCUT2D eigenvalue weighted by atomic mass is 10.2. The van der Waals surface area contributed by atoms with Crippen LogP contribution in [0.3, 0.4) is 0 Å². The maximum atomic E-state index is 13.0. The standard InChI is InChI=1S/C16H19FN2O/c1-3-16(20)15-10-9-14(11-18-15)19(4-2)13-7-5-12(17)6-8-13/h5-11,16,20H,3-4H2,1-2H3/t16-/m1/s1. The van der Waals surface area contributed by atoms with Gasteiger partial charge in [-0.25, -0.2) is 4.39 Å². The molecule has 1 N–H and O–H groups in total. The smallest absolute Gasteiger partial charge is 0.123 e. The number of benzene rings is 1. The van der Waals surface area contributed by atoms with Crippen LogP contribution < -0.4 is 4.90 Å². The predicted octanol–water partition coefficient (Wildman–Crippen LogP) is 3.82. The SMILES string of the molecule is CC[C@@H](O)c1ccc(N(CC)c2ccc(F)cc2)cn1. The number of hydrogen-bond donors (Lipinski definition) is 1. The van der Waals surface area contributed by atoms with Gasteiger partial charge in [0, 0.05) is 12.2 Å². The summed E-state index contributed by atoms with van der Waals surface area (Å²) >= 11 is 0. The number of aliphatic hydroxyl groups is 1. The molecule has 0 aliphatic rings. The molecule has 0 bridgehead atoms. The molecular formula is C16H19FN2O. The summed E-state index contributed by atoms with van der Waals surface area (Å²) in [6.45, 7) is 4.69. The van der Waals surface area contributed by atoms with Crippen molar-refractivity contribution in [2.75, 3.05) is 11.4 Å². The lowest BCUT2D eigenvalue weighted by molar-refractivity contribution is 0.169. The van der Waals surface area contributed by atoms with E-state index in [1.165, 1.54) is 12.1 Å². The van der Waals surface area contributed by atoms with E-state index in [0.29, 0.717) is 12.1 Å². The number of halogens is 1. The molecule has 0 aliphatic carbocycles. The van der Waals surface area contributed by atoms with Crippen molar-refractivity contribution in [3.63, 3.8) is 0 Å². The van der Waals surface area contributed by atoms with E-state index in [4.69, 9.17) is 0 Å². The lowest BCUT2D eigenvalue weighted by Crippen LogP contribution is -2.16. The van der Waals surface area contributed by atoms with Gasteiger partial charge in [0.2, 0.25) is 0 Å². The van der Waals surface area contributed by atoms with Crippen molar-refractivity contribution >= 4 is 11.4 Å². The Hall–Kier alpha value is -1.94. The highest BCUT2D eigenvalue weighted by Crippen LogP contribution is 2.25. The van der Waals surface area contributed by atoms with Crippen LogP contribution in [0.15, 0.2) is 42.6 Å². The fourth-order valence-corrected chi connectivity index (χ4v) is 2.10. The van der Waals surface area contributed by atoms with Crippen molar-refractivity contribution in [1.82, 2.24) is 4.98 Å². The fourth-order valence-electron chi connectivity index (χ4n) is 2.10. The molecule has 4 heteroatoms. The van der Waals surface area contributed by atoms with Crippen molar-refractivity contribution in [3.8, 4) is 0 Å². The zero-order valence-electron chi connectivity index (χ0n) is 11.8. The molecule has 0 fully saturated rings. The van der Waals surface area contributed by atoms with E-state index in [1.54, 1.807) is 18.3 Å². The minimum Gasteiger partial charge on any atom is -0.387 e. The Morgan fingerprint density at radius 3 is 2.25 bits per heavy atom. The first kappa shape index (κ1) is 14.5. The van der Waals surface area contributed by atoms with Gasteiger partial charge in [-0.2, -0.15) is 0 Å². The molecule has 0 radical (unpaired) electrons. The van der Waals surface area contributed by atoms with Crippen LogP contribution >= 0.6 is 0 Å². The summed E-state index contributed by atoms with van der Waals surface area (Å²) in [5.74, 6) is -0.246. The zero-order valence-corrected chi connectivity index (χ0v) is 11.8. The van der Waals surface area contributed by atoms with Crippen LogP contribution in [0.1, 0.15) is 32.1 Å². The molecule has 1 atom stereocenters. The molecule has 0 amide bonds. The van der Waals surface area contributed by atoms with Crippen LogP contribution in [0.4, 0.5) is 15.8 Å². The highest BCUT2D eigenvalue weighted by Gasteiger charge is 2.10. The largest absolute Gasteiger partial charge is 0.387 e. The molecule has 106 valence electrons. The highest BCUT2D eigenvalue weighted by atomic mass is 19.1. The first-order valence-corrected chi connectivity index (χ1v) is 6.82. The minimum atomic E-state index is -0.523. The Morgan fingerprint density at radius 2 is 1.75 bits per heavy atom. The van der Waals surface area contributed by atoms with Gasteiger partial charge in [-0.3, -0.25) is 4.98 Å². The maximum absolute atomic E-state index is 13.0. The van der Waals surface area contributed by atoms with Gasteiger partial charge in [-0.05, 0) is 49.7 Å². The Bertz CT molecular complexity index is 539. The average Bonchev–Trinajstić information content (AvgIpc) is 2.50. The molecule has 0 saturated carbocycles. The van der Waals surface area contributed by atoms with Crippen molar-refractivity contribution in [1.29, 1.82) is 0 Å². The highest BCUT2D eigenvalue weighted by molar-refractivity contribution is 5.62. The van der Waals surface area contributed by atoms with E-state index in [9.17, 15) is 9.50 Å². The summed E-state index contributed by atoms with van der Waals surface area (Å²) in [5.41, 5.74) is 2.51. The summed E-state index contributed by atoms with van der Waals surface area (Å²) in [6, 6.07) is 10.1. The molecule has 2 aromatic rings. The topological polar surface area (TPSA) is 36.4 Å². The second-order valence-electron chi connectivity index (χ2n) is 4.59. The van der Waals surface area contributed by atoms with E-state index in [1.807, 2.05) is 30.9 Å². The third-order valence-electron chi connectivity index (χ3n) is 3.27. The lowest BCUT2D eigenvalue weighted by Gasteiger charge is -2.23. The second kappa shape index (κ2) is 6.48. The number of rotatable bonds is 5. The first-order valence-electron chi connectivity index (χ1n) is 6.82. The molecular weight excluding hydrogens is 255 g/mol. The van der Waals surface area contributed by atoms with E-state index in [0.717, 1.165) is 17.9 Å². The molecule has 1 heterocycles. The molecule has 1 aromatic heterocycles. The van der Waals surface area contributed by atoms with Gasteiger partial charge in [0.15, 0.2) is 0 Å². The van der Waals surface area contributed by atoms with Crippen LogP contribution in [0, 0.1) is 5.82 Å². The molecule has 20 heavy (non-hydrogen) atoms. The third-order valence-corrected chi connectivity index (χ3v) is 3.27. The molecule has 3 nitrogen and oxygen atoms in total. The second-order valence-corrected chi connectivity index (χ2v) is 4.59. The van der Waals surface area contributed by atoms with Gasteiger partial charge >= 0.3 is 0 Å². The summed E-state index contributed by atoms with van der Waals surface area (Å²) in [5, 5.41) is 9.75. The molecule has 1 aromatic carbocycles. The monoisotopic (exact) mass is 274 g/mol. The quantitative estimate of drug-likeness (QED) is 0.900. The van der Waals surface area contributed by atoms with Crippen molar-refractivity contribution in [2.24, 2.45) is 0 Å². The Morgan fingerprint density at radius 1 is 1.10 bits per heavy atom. The van der Waals surface area contributed by atoms with Gasteiger partial charge in [-0.1, -0.05) is 6.92 Å².